The average Bonchev–Trinajstić information content (AvgIpc) is 2.61. The van der Waals surface area contributed by atoms with Crippen LogP contribution in [0.2, 0.25) is 0 Å². The second kappa shape index (κ2) is 7.35. The summed E-state index contributed by atoms with van der Waals surface area (Å²) in [5, 5.41) is 10.7. The number of hydrogen-bond acceptors (Lipinski definition) is 4. The molecule has 1 saturated heterocycles. The van der Waals surface area contributed by atoms with Crippen molar-refractivity contribution in [3.8, 4) is 0 Å². The van der Waals surface area contributed by atoms with Gasteiger partial charge in [0, 0.05) is 31.8 Å². The van der Waals surface area contributed by atoms with Gasteiger partial charge in [0.05, 0.1) is 17.6 Å². The van der Waals surface area contributed by atoms with E-state index in [0.717, 1.165) is 31.6 Å². The molecule has 1 aliphatic rings. The Balaban J connectivity index is 1.58. The van der Waals surface area contributed by atoms with Crippen LogP contribution in [-0.2, 0) is 11.2 Å². The van der Waals surface area contributed by atoms with Crippen molar-refractivity contribution in [3.05, 3.63) is 75.8 Å². The van der Waals surface area contributed by atoms with Gasteiger partial charge in [-0.15, -0.1) is 0 Å². The minimum absolute atomic E-state index is 0.0136. The Bertz CT molecular complexity index is 643. The lowest BCUT2D eigenvalue weighted by atomic mass is 10.1. The van der Waals surface area contributed by atoms with Crippen LogP contribution in [0.1, 0.15) is 17.2 Å². The van der Waals surface area contributed by atoms with Crippen LogP contribution >= 0.6 is 0 Å². The van der Waals surface area contributed by atoms with Gasteiger partial charge in [-0.3, -0.25) is 15.0 Å². The molecule has 0 N–H and O–H groups in total. The van der Waals surface area contributed by atoms with Gasteiger partial charge in [-0.25, -0.2) is 0 Å². The Labute approximate surface area is 135 Å². The highest BCUT2D eigenvalue weighted by Gasteiger charge is 2.22. The number of non-ortho nitro benzene ring substituents is 1. The highest BCUT2D eigenvalue weighted by Crippen LogP contribution is 2.24. The van der Waals surface area contributed by atoms with Crippen molar-refractivity contribution in [1.29, 1.82) is 0 Å². The number of rotatable bonds is 5. The fourth-order valence-corrected chi connectivity index (χ4v) is 2.85. The Kier molecular flexibility index (Phi) is 5.00. The highest BCUT2D eigenvalue weighted by atomic mass is 16.6. The molecule has 23 heavy (non-hydrogen) atoms. The molecule has 1 aliphatic heterocycles. The smallest absolute Gasteiger partial charge is 0.269 e. The van der Waals surface area contributed by atoms with E-state index in [1.165, 1.54) is 5.56 Å². The third kappa shape index (κ3) is 4.15. The summed E-state index contributed by atoms with van der Waals surface area (Å²) in [6.45, 7) is 3.44. The predicted octanol–water partition coefficient (Wildman–Crippen LogP) is 3.21. The SMILES string of the molecule is O=[N+]([O-])c1ccc([C@@H]2CN(CCc3ccccc3)CCO2)cc1. The van der Waals surface area contributed by atoms with Crippen LogP contribution in [0.4, 0.5) is 5.69 Å². The molecule has 0 spiro atoms. The van der Waals surface area contributed by atoms with E-state index in [-0.39, 0.29) is 16.7 Å². The lowest BCUT2D eigenvalue weighted by Gasteiger charge is -2.33. The number of ether oxygens (including phenoxy) is 1. The maximum atomic E-state index is 10.7. The molecule has 0 saturated carbocycles. The van der Waals surface area contributed by atoms with Crippen LogP contribution < -0.4 is 0 Å². The topological polar surface area (TPSA) is 55.6 Å². The third-order valence-electron chi connectivity index (χ3n) is 4.19. The Hall–Kier alpha value is -2.24. The molecule has 5 nitrogen and oxygen atoms in total. The summed E-state index contributed by atoms with van der Waals surface area (Å²) in [5.41, 5.74) is 2.45. The lowest BCUT2D eigenvalue weighted by Crippen LogP contribution is -2.39. The number of morpholine rings is 1. The van der Waals surface area contributed by atoms with E-state index in [1.807, 2.05) is 6.07 Å². The first kappa shape index (κ1) is 15.6. The van der Waals surface area contributed by atoms with Gasteiger partial charge < -0.3 is 4.74 Å². The summed E-state index contributed by atoms with van der Waals surface area (Å²) < 4.78 is 5.84. The number of nitro groups is 1. The zero-order valence-corrected chi connectivity index (χ0v) is 12.9. The van der Waals surface area contributed by atoms with E-state index < -0.39 is 0 Å². The van der Waals surface area contributed by atoms with Crippen molar-refractivity contribution in [2.24, 2.45) is 0 Å². The van der Waals surface area contributed by atoms with Gasteiger partial charge in [-0.1, -0.05) is 30.3 Å². The van der Waals surface area contributed by atoms with E-state index in [2.05, 4.69) is 29.2 Å². The Morgan fingerprint density at radius 3 is 2.57 bits per heavy atom. The summed E-state index contributed by atoms with van der Waals surface area (Å²) in [5.74, 6) is 0. The second-order valence-corrected chi connectivity index (χ2v) is 5.74. The van der Waals surface area contributed by atoms with Crippen LogP contribution in [0.25, 0.3) is 0 Å². The molecule has 2 aromatic rings. The van der Waals surface area contributed by atoms with Gasteiger partial charge in [0.1, 0.15) is 0 Å². The van der Waals surface area contributed by atoms with Gasteiger partial charge in [-0.2, -0.15) is 0 Å². The maximum absolute atomic E-state index is 10.7. The molecule has 1 heterocycles. The average molecular weight is 312 g/mol. The van der Waals surface area contributed by atoms with E-state index >= 15 is 0 Å². The summed E-state index contributed by atoms with van der Waals surface area (Å²) in [6.07, 6.45) is 1.01. The van der Waals surface area contributed by atoms with Gasteiger partial charge >= 0.3 is 0 Å². The molecule has 1 atom stereocenters. The molecule has 0 aliphatic carbocycles. The molecule has 120 valence electrons. The van der Waals surface area contributed by atoms with Crippen LogP contribution in [-0.4, -0.2) is 36.1 Å². The first-order valence-corrected chi connectivity index (χ1v) is 7.84. The normalized spacial score (nSPS) is 18.7. The van der Waals surface area contributed by atoms with Crippen LogP contribution in [0.5, 0.6) is 0 Å². The minimum atomic E-state index is -0.377. The standard InChI is InChI=1S/C18H20N2O3/c21-20(22)17-8-6-16(7-9-17)18-14-19(12-13-23-18)11-10-15-4-2-1-3-5-15/h1-9,18H,10-14H2/t18-/m0/s1. The van der Waals surface area contributed by atoms with Crippen molar-refractivity contribution in [3.63, 3.8) is 0 Å². The molecule has 3 rings (SSSR count). The number of nitrogens with zero attached hydrogens (tertiary/aromatic N) is 2. The molecular formula is C18H20N2O3. The van der Waals surface area contributed by atoms with Gasteiger partial charge in [0.2, 0.25) is 0 Å². The summed E-state index contributed by atoms with van der Waals surface area (Å²) in [4.78, 5) is 12.7. The van der Waals surface area contributed by atoms with Crippen molar-refractivity contribution in [1.82, 2.24) is 4.90 Å². The van der Waals surface area contributed by atoms with Crippen molar-refractivity contribution in [2.75, 3.05) is 26.2 Å². The maximum Gasteiger partial charge on any atom is 0.269 e. The van der Waals surface area contributed by atoms with Crippen LogP contribution in [0.3, 0.4) is 0 Å². The molecule has 0 bridgehead atoms. The first-order valence-electron chi connectivity index (χ1n) is 7.84. The molecule has 1 fully saturated rings. The largest absolute Gasteiger partial charge is 0.371 e. The molecule has 0 radical (unpaired) electrons. The minimum Gasteiger partial charge on any atom is -0.371 e. The van der Waals surface area contributed by atoms with Crippen LogP contribution in [0, 0.1) is 10.1 Å². The predicted molar refractivity (Wildman–Crippen MR) is 88.4 cm³/mol. The molecule has 5 heteroatoms. The number of benzene rings is 2. The zero-order chi connectivity index (χ0) is 16.1. The van der Waals surface area contributed by atoms with E-state index in [9.17, 15) is 10.1 Å². The third-order valence-corrected chi connectivity index (χ3v) is 4.19. The van der Waals surface area contributed by atoms with E-state index in [1.54, 1.807) is 24.3 Å². The fraction of sp³-hybridized carbons (Fsp3) is 0.333. The summed E-state index contributed by atoms with van der Waals surface area (Å²) >= 11 is 0. The van der Waals surface area contributed by atoms with Gasteiger partial charge in [0.25, 0.3) is 5.69 Å². The van der Waals surface area contributed by atoms with Crippen molar-refractivity contribution < 1.29 is 9.66 Å². The number of nitro benzene ring substituents is 1. The molecule has 0 amide bonds. The van der Waals surface area contributed by atoms with Crippen LogP contribution in [0.15, 0.2) is 54.6 Å². The molecule has 0 unspecified atom stereocenters. The lowest BCUT2D eigenvalue weighted by molar-refractivity contribution is -0.384. The molecular weight excluding hydrogens is 292 g/mol. The van der Waals surface area contributed by atoms with E-state index in [4.69, 9.17) is 4.74 Å². The molecule has 2 aromatic carbocycles. The van der Waals surface area contributed by atoms with Crippen molar-refractivity contribution >= 4 is 5.69 Å². The first-order chi connectivity index (χ1) is 11.2. The van der Waals surface area contributed by atoms with Gasteiger partial charge in [-0.05, 0) is 29.7 Å². The summed E-state index contributed by atoms with van der Waals surface area (Å²) in [7, 11) is 0. The quantitative estimate of drug-likeness (QED) is 0.628. The zero-order valence-electron chi connectivity index (χ0n) is 12.9. The molecule has 0 aromatic heterocycles. The Morgan fingerprint density at radius 2 is 1.87 bits per heavy atom. The Morgan fingerprint density at radius 1 is 1.13 bits per heavy atom. The van der Waals surface area contributed by atoms with Gasteiger partial charge in [0.15, 0.2) is 0 Å². The second-order valence-electron chi connectivity index (χ2n) is 5.74. The highest BCUT2D eigenvalue weighted by molar-refractivity contribution is 5.34. The van der Waals surface area contributed by atoms with E-state index in [0.29, 0.717) is 6.61 Å². The monoisotopic (exact) mass is 312 g/mol. The fourth-order valence-electron chi connectivity index (χ4n) is 2.85. The number of hydrogen-bond donors (Lipinski definition) is 0. The van der Waals surface area contributed by atoms with Crippen molar-refractivity contribution in [2.45, 2.75) is 12.5 Å². The summed E-state index contributed by atoms with van der Waals surface area (Å²) in [6, 6.07) is 17.1.